The Bertz CT molecular complexity index is 390. The van der Waals surface area contributed by atoms with E-state index < -0.39 is 20.3 Å². The van der Waals surface area contributed by atoms with Gasteiger partial charge in [0.1, 0.15) is 0 Å². The fraction of sp³-hybridized carbons (Fsp3) is 0.250. The van der Waals surface area contributed by atoms with Gasteiger partial charge in [-0.3, -0.25) is 0 Å². The first-order valence-electron chi connectivity index (χ1n) is 6.27. The summed E-state index contributed by atoms with van der Waals surface area (Å²) in [6.45, 7) is 7.99. The predicted molar refractivity (Wildman–Crippen MR) is 73.7 cm³/mol. The van der Waals surface area contributed by atoms with Crippen molar-refractivity contribution in [2.24, 2.45) is 0 Å². The van der Waals surface area contributed by atoms with Crippen LogP contribution in [-0.4, -0.2) is 0 Å². The maximum atomic E-state index is 3.99. The van der Waals surface area contributed by atoms with E-state index in [1.807, 2.05) is 0 Å². The Kier molecular flexibility index (Phi) is 4.34. The van der Waals surface area contributed by atoms with E-state index in [1.165, 1.54) is 8.26 Å². The molecule has 2 aliphatic rings. The first-order chi connectivity index (χ1) is 8.33. The summed E-state index contributed by atoms with van der Waals surface area (Å²) in [5.74, 6) is 0. The monoisotopic (exact) mass is 302 g/mol. The molecule has 0 N–H and O–H groups in total. The van der Waals surface area contributed by atoms with Crippen molar-refractivity contribution in [3.63, 3.8) is 0 Å². The molecule has 0 heterocycles. The molecule has 0 aliphatic heterocycles. The first kappa shape index (κ1) is 12.8. The van der Waals surface area contributed by atoms with Gasteiger partial charge in [-0.15, -0.1) is 0 Å². The van der Waals surface area contributed by atoms with Crippen LogP contribution in [0.2, 0.25) is 8.26 Å². The normalized spacial score (nSPS) is 18.1. The third kappa shape index (κ3) is 2.45. The van der Waals surface area contributed by atoms with Crippen molar-refractivity contribution in [1.82, 2.24) is 0 Å². The van der Waals surface area contributed by atoms with Crippen LogP contribution in [0.5, 0.6) is 0 Å². The second-order valence-corrected chi connectivity index (χ2v) is 15.2. The minimum atomic E-state index is -2.43. The van der Waals surface area contributed by atoms with Crippen molar-refractivity contribution >= 4 is 0 Å². The Hall–Kier alpha value is -0.677. The van der Waals surface area contributed by atoms with E-state index in [1.54, 1.807) is 6.56 Å². The molecule has 0 amide bonds. The Morgan fingerprint density at radius 3 is 1.71 bits per heavy atom. The van der Waals surface area contributed by atoms with Crippen LogP contribution >= 0.6 is 0 Å². The standard InChI is InChI=1S/2C5H5.2C3H5.Zr/c2*1-2-4-5-3-1;2*1-3-2;/h2*1-3H,4H2;2*3H,1-2H2;. The average Bonchev–Trinajstić information content (AvgIpc) is 3.02. The van der Waals surface area contributed by atoms with Crippen LogP contribution in [0.15, 0.2) is 68.3 Å². The van der Waals surface area contributed by atoms with Crippen LogP contribution in [-0.2, 0) is 20.3 Å². The van der Waals surface area contributed by atoms with Crippen molar-refractivity contribution in [2.75, 3.05) is 0 Å². The molecule has 0 saturated heterocycles. The maximum absolute atomic E-state index is 3.99. The quantitative estimate of drug-likeness (QED) is 0.603. The molecule has 0 atom stereocenters. The van der Waals surface area contributed by atoms with Crippen LogP contribution in [0.1, 0.15) is 12.8 Å². The third-order valence-electron chi connectivity index (χ3n) is 3.76. The molecular weight excluding hydrogens is 283 g/mol. The van der Waals surface area contributed by atoms with Crippen molar-refractivity contribution < 1.29 is 20.3 Å². The molecule has 0 spiro atoms. The second-order valence-electron chi connectivity index (χ2n) is 4.72. The molecule has 17 heavy (non-hydrogen) atoms. The Morgan fingerprint density at radius 1 is 0.941 bits per heavy atom. The van der Waals surface area contributed by atoms with Crippen LogP contribution in [0, 0.1) is 0 Å². The van der Waals surface area contributed by atoms with E-state index in [9.17, 15) is 0 Å². The molecule has 0 fully saturated rings. The van der Waals surface area contributed by atoms with Gasteiger partial charge in [-0.25, -0.2) is 0 Å². The average molecular weight is 304 g/mol. The van der Waals surface area contributed by atoms with Crippen LogP contribution in [0.3, 0.4) is 0 Å². The van der Waals surface area contributed by atoms with E-state index in [0.29, 0.717) is 0 Å². The fourth-order valence-electron chi connectivity index (χ4n) is 2.91. The van der Waals surface area contributed by atoms with Gasteiger partial charge in [0.25, 0.3) is 0 Å². The number of allylic oxidation sites excluding steroid dienone is 10. The second kappa shape index (κ2) is 5.78. The van der Waals surface area contributed by atoms with Crippen LogP contribution < -0.4 is 0 Å². The van der Waals surface area contributed by atoms with Gasteiger partial charge in [0.15, 0.2) is 0 Å². The van der Waals surface area contributed by atoms with E-state index in [2.05, 4.69) is 61.8 Å². The van der Waals surface area contributed by atoms with E-state index in [-0.39, 0.29) is 0 Å². The molecule has 0 aromatic carbocycles. The molecule has 0 aromatic rings. The molecule has 0 aromatic heterocycles. The van der Waals surface area contributed by atoms with Gasteiger partial charge >= 0.3 is 110 Å². The van der Waals surface area contributed by atoms with Crippen molar-refractivity contribution in [3.8, 4) is 0 Å². The molecule has 88 valence electrons. The Balaban J connectivity index is 2.37. The van der Waals surface area contributed by atoms with Crippen LogP contribution in [0.25, 0.3) is 0 Å². The summed E-state index contributed by atoms with van der Waals surface area (Å²) < 4.78 is 5.85. The van der Waals surface area contributed by atoms with Gasteiger partial charge in [0.05, 0.1) is 0 Å². The zero-order valence-electron chi connectivity index (χ0n) is 10.4. The van der Waals surface area contributed by atoms with Crippen molar-refractivity contribution in [2.45, 2.75) is 21.1 Å². The summed E-state index contributed by atoms with van der Waals surface area (Å²) in [5.41, 5.74) is 0. The molecule has 1 heteroatoms. The fourth-order valence-corrected chi connectivity index (χ4v) is 13.9. The molecule has 0 radical (unpaired) electrons. The zero-order chi connectivity index (χ0) is 12.1. The summed E-state index contributed by atoms with van der Waals surface area (Å²) in [7, 11) is 0. The van der Waals surface area contributed by atoms with Gasteiger partial charge in [-0.05, 0) is 0 Å². The summed E-state index contributed by atoms with van der Waals surface area (Å²) >= 11 is -2.43. The summed E-state index contributed by atoms with van der Waals surface area (Å²) in [4.78, 5) is 0. The van der Waals surface area contributed by atoms with Gasteiger partial charge in [-0.2, -0.15) is 0 Å². The predicted octanol–water partition coefficient (Wildman–Crippen LogP) is 5.04. The number of rotatable bonds is 6. The topological polar surface area (TPSA) is 0 Å². The molecule has 2 rings (SSSR count). The number of hydrogen-bond acceptors (Lipinski definition) is 0. The summed E-state index contributed by atoms with van der Waals surface area (Å²) in [6, 6.07) is 0. The molecule has 0 saturated carbocycles. The Morgan fingerprint density at radius 2 is 1.41 bits per heavy atom. The van der Waals surface area contributed by atoms with Gasteiger partial charge in [0, 0.05) is 0 Å². The molecule has 0 unspecified atom stereocenters. The van der Waals surface area contributed by atoms with E-state index in [4.69, 9.17) is 0 Å². The van der Waals surface area contributed by atoms with E-state index >= 15 is 0 Å². The van der Waals surface area contributed by atoms with Gasteiger partial charge in [0.2, 0.25) is 0 Å². The number of hydrogen-bond donors (Lipinski definition) is 0. The van der Waals surface area contributed by atoms with Crippen molar-refractivity contribution in [3.05, 3.63) is 68.3 Å². The minimum absolute atomic E-state index is 1.16. The first-order valence-corrected chi connectivity index (χ1v) is 12.2. The third-order valence-corrected chi connectivity index (χ3v) is 16.5. The van der Waals surface area contributed by atoms with Gasteiger partial charge in [-0.1, -0.05) is 0 Å². The zero-order valence-corrected chi connectivity index (χ0v) is 12.8. The summed E-state index contributed by atoms with van der Waals surface area (Å²) in [5, 5.41) is 0. The SMILES string of the molecule is C=C[CH2][Zr]([CH2]C=C)([C]1=CC=CC1)[C]1=CC=CC1. The Labute approximate surface area is 109 Å². The van der Waals surface area contributed by atoms with Crippen LogP contribution in [0.4, 0.5) is 0 Å². The summed E-state index contributed by atoms with van der Waals surface area (Å²) in [6.07, 6.45) is 20.3. The van der Waals surface area contributed by atoms with E-state index in [0.717, 1.165) is 12.8 Å². The molecular formula is C16H20Zr. The van der Waals surface area contributed by atoms with Crippen molar-refractivity contribution in [1.29, 1.82) is 0 Å². The molecule has 2 aliphatic carbocycles. The van der Waals surface area contributed by atoms with Gasteiger partial charge < -0.3 is 0 Å². The molecule has 0 bridgehead atoms. The molecule has 0 nitrogen and oxygen atoms in total.